The van der Waals surface area contributed by atoms with Crippen molar-refractivity contribution in [2.45, 2.75) is 52.0 Å². The third-order valence-electron chi connectivity index (χ3n) is 3.76. The first-order valence-electron chi connectivity index (χ1n) is 6.73. The van der Waals surface area contributed by atoms with Gasteiger partial charge in [0.1, 0.15) is 5.54 Å². The highest BCUT2D eigenvalue weighted by Gasteiger charge is 2.36. The third kappa shape index (κ3) is 3.37. The zero-order valence-electron chi connectivity index (χ0n) is 11.5. The maximum absolute atomic E-state index is 12.1. The SMILES string of the molecule is CCCC(C)(NC(=O)N1CCC(CC)C1)C(=O)O. The number of likely N-dealkylation sites (tertiary alicyclic amines) is 1. The van der Waals surface area contributed by atoms with Crippen LogP contribution in [0.25, 0.3) is 0 Å². The summed E-state index contributed by atoms with van der Waals surface area (Å²) in [5.41, 5.74) is -1.16. The second-order valence-electron chi connectivity index (χ2n) is 5.33. The molecule has 1 aliphatic rings. The predicted octanol–water partition coefficient (Wildman–Crippen LogP) is 2.07. The van der Waals surface area contributed by atoms with Crippen molar-refractivity contribution in [2.24, 2.45) is 5.92 Å². The van der Waals surface area contributed by atoms with Crippen molar-refractivity contribution >= 4 is 12.0 Å². The number of carbonyl (C=O) groups excluding carboxylic acids is 1. The molecule has 2 atom stereocenters. The largest absolute Gasteiger partial charge is 0.480 e. The van der Waals surface area contributed by atoms with Gasteiger partial charge in [-0.15, -0.1) is 0 Å². The summed E-state index contributed by atoms with van der Waals surface area (Å²) in [4.78, 5) is 25.0. The molecule has 0 radical (unpaired) electrons. The van der Waals surface area contributed by atoms with Crippen molar-refractivity contribution in [1.29, 1.82) is 0 Å². The first-order valence-corrected chi connectivity index (χ1v) is 6.73. The van der Waals surface area contributed by atoms with Crippen molar-refractivity contribution in [3.63, 3.8) is 0 Å². The fourth-order valence-corrected chi connectivity index (χ4v) is 2.39. The minimum Gasteiger partial charge on any atom is -0.480 e. The molecule has 0 bridgehead atoms. The Morgan fingerprint density at radius 2 is 2.11 bits per heavy atom. The van der Waals surface area contributed by atoms with Gasteiger partial charge in [-0.05, 0) is 25.7 Å². The van der Waals surface area contributed by atoms with Gasteiger partial charge < -0.3 is 15.3 Å². The summed E-state index contributed by atoms with van der Waals surface area (Å²) < 4.78 is 0. The maximum atomic E-state index is 12.1. The molecule has 1 heterocycles. The average Bonchev–Trinajstić information content (AvgIpc) is 2.77. The van der Waals surface area contributed by atoms with Crippen LogP contribution in [0, 0.1) is 5.92 Å². The summed E-state index contributed by atoms with van der Waals surface area (Å²) in [6.07, 6.45) is 3.25. The molecule has 2 unspecified atom stereocenters. The molecule has 1 rings (SSSR count). The first kappa shape index (κ1) is 14.8. The van der Waals surface area contributed by atoms with Gasteiger partial charge in [-0.1, -0.05) is 26.7 Å². The highest BCUT2D eigenvalue weighted by atomic mass is 16.4. The Kier molecular flexibility index (Phi) is 4.99. The Bertz CT molecular complexity index is 319. The summed E-state index contributed by atoms with van der Waals surface area (Å²) in [6.45, 7) is 7.07. The summed E-state index contributed by atoms with van der Waals surface area (Å²) in [6, 6.07) is -0.246. The Balaban J connectivity index is 2.60. The van der Waals surface area contributed by atoms with Crippen LogP contribution >= 0.6 is 0 Å². The van der Waals surface area contributed by atoms with E-state index in [0.29, 0.717) is 12.3 Å². The zero-order chi connectivity index (χ0) is 13.8. The number of nitrogens with one attached hydrogen (secondary N) is 1. The van der Waals surface area contributed by atoms with Crippen LogP contribution in [0.1, 0.15) is 46.5 Å². The van der Waals surface area contributed by atoms with Gasteiger partial charge in [-0.25, -0.2) is 9.59 Å². The molecule has 0 aromatic carbocycles. The second kappa shape index (κ2) is 6.07. The highest BCUT2D eigenvalue weighted by Crippen LogP contribution is 2.20. The molecular weight excluding hydrogens is 232 g/mol. The van der Waals surface area contributed by atoms with Gasteiger partial charge in [0.2, 0.25) is 0 Å². The normalized spacial score (nSPS) is 22.6. The van der Waals surface area contributed by atoms with Gasteiger partial charge in [0.25, 0.3) is 0 Å². The number of nitrogens with zero attached hydrogens (tertiary/aromatic N) is 1. The maximum Gasteiger partial charge on any atom is 0.329 e. The van der Waals surface area contributed by atoms with Crippen molar-refractivity contribution in [3.05, 3.63) is 0 Å². The fourth-order valence-electron chi connectivity index (χ4n) is 2.39. The van der Waals surface area contributed by atoms with Crippen molar-refractivity contribution in [3.8, 4) is 0 Å². The summed E-state index contributed by atoms with van der Waals surface area (Å²) in [5.74, 6) is -0.415. The number of rotatable bonds is 5. The molecular formula is C13H24N2O3. The smallest absolute Gasteiger partial charge is 0.329 e. The van der Waals surface area contributed by atoms with Crippen molar-refractivity contribution in [1.82, 2.24) is 10.2 Å². The van der Waals surface area contributed by atoms with Gasteiger partial charge in [0, 0.05) is 13.1 Å². The number of aliphatic carboxylic acids is 1. The van der Waals surface area contributed by atoms with Crippen LogP contribution in [0.3, 0.4) is 0 Å². The molecule has 0 aliphatic carbocycles. The van der Waals surface area contributed by atoms with E-state index in [1.54, 1.807) is 11.8 Å². The fraction of sp³-hybridized carbons (Fsp3) is 0.846. The van der Waals surface area contributed by atoms with E-state index in [-0.39, 0.29) is 6.03 Å². The summed E-state index contributed by atoms with van der Waals surface area (Å²) >= 11 is 0. The van der Waals surface area contributed by atoms with Crippen LogP contribution in [-0.2, 0) is 4.79 Å². The molecule has 5 nitrogen and oxygen atoms in total. The van der Waals surface area contributed by atoms with E-state index in [0.717, 1.165) is 32.4 Å². The van der Waals surface area contributed by atoms with Gasteiger partial charge in [-0.2, -0.15) is 0 Å². The first-order chi connectivity index (χ1) is 8.42. The molecule has 1 fully saturated rings. The molecule has 2 N–H and O–H groups in total. The lowest BCUT2D eigenvalue weighted by Crippen LogP contribution is -2.55. The van der Waals surface area contributed by atoms with E-state index >= 15 is 0 Å². The molecule has 5 heteroatoms. The monoisotopic (exact) mass is 256 g/mol. The number of amides is 2. The van der Waals surface area contributed by atoms with Crippen LogP contribution in [-0.4, -0.2) is 40.6 Å². The number of carbonyl (C=O) groups is 2. The standard InChI is InChI=1S/C13H24N2O3/c1-4-7-13(3,11(16)17)14-12(18)15-8-6-10(5-2)9-15/h10H,4-9H2,1-3H3,(H,14,18)(H,16,17). The van der Waals surface area contributed by atoms with E-state index < -0.39 is 11.5 Å². The molecule has 0 spiro atoms. The van der Waals surface area contributed by atoms with Gasteiger partial charge in [0.05, 0.1) is 0 Å². The number of carboxylic acid groups (broad SMARTS) is 1. The Hall–Kier alpha value is -1.26. The van der Waals surface area contributed by atoms with E-state index in [1.807, 2.05) is 6.92 Å². The van der Waals surface area contributed by atoms with Gasteiger partial charge in [-0.3, -0.25) is 0 Å². The lowest BCUT2D eigenvalue weighted by Gasteiger charge is -2.28. The summed E-state index contributed by atoms with van der Waals surface area (Å²) in [7, 11) is 0. The third-order valence-corrected chi connectivity index (χ3v) is 3.76. The molecule has 18 heavy (non-hydrogen) atoms. The summed E-state index contributed by atoms with van der Waals surface area (Å²) in [5, 5.41) is 11.9. The van der Waals surface area contributed by atoms with E-state index in [4.69, 9.17) is 0 Å². The molecule has 1 saturated heterocycles. The number of carboxylic acids is 1. The van der Waals surface area contributed by atoms with E-state index in [9.17, 15) is 14.7 Å². The van der Waals surface area contributed by atoms with Gasteiger partial charge >= 0.3 is 12.0 Å². The van der Waals surface area contributed by atoms with Crippen LogP contribution in [0.2, 0.25) is 0 Å². The predicted molar refractivity (Wildman–Crippen MR) is 69.5 cm³/mol. The van der Waals surface area contributed by atoms with Crippen LogP contribution in [0.15, 0.2) is 0 Å². The minimum absolute atomic E-state index is 0.246. The minimum atomic E-state index is -1.16. The molecule has 104 valence electrons. The topological polar surface area (TPSA) is 69.6 Å². The number of hydrogen-bond donors (Lipinski definition) is 2. The quantitative estimate of drug-likeness (QED) is 0.791. The molecule has 0 aromatic heterocycles. The zero-order valence-corrected chi connectivity index (χ0v) is 11.5. The van der Waals surface area contributed by atoms with Gasteiger partial charge in [0.15, 0.2) is 0 Å². The number of urea groups is 1. The number of hydrogen-bond acceptors (Lipinski definition) is 2. The second-order valence-corrected chi connectivity index (χ2v) is 5.33. The Morgan fingerprint density at radius 1 is 1.44 bits per heavy atom. The lowest BCUT2D eigenvalue weighted by molar-refractivity contribution is -0.144. The van der Waals surface area contributed by atoms with E-state index in [1.165, 1.54) is 0 Å². The highest BCUT2D eigenvalue weighted by molar-refractivity contribution is 5.86. The molecule has 0 saturated carbocycles. The van der Waals surface area contributed by atoms with Crippen molar-refractivity contribution in [2.75, 3.05) is 13.1 Å². The molecule has 2 amide bonds. The lowest BCUT2D eigenvalue weighted by atomic mass is 9.96. The molecule has 1 aliphatic heterocycles. The van der Waals surface area contributed by atoms with E-state index in [2.05, 4.69) is 12.2 Å². The average molecular weight is 256 g/mol. The van der Waals surface area contributed by atoms with Crippen LogP contribution < -0.4 is 5.32 Å². The van der Waals surface area contributed by atoms with Crippen LogP contribution in [0.4, 0.5) is 4.79 Å². The molecule has 0 aromatic rings. The van der Waals surface area contributed by atoms with Crippen molar-refractivity contribution < 1.29 is 14.7 Å². The Morgan fingerprint density at radius 3 is 2.56 bits per heavy atom. The van der Waals surface area contributed by atoms with Crippen LogP contribution in [0.5, 0.6) is 0 Å². The Labute approximate surface area is 109 Å².